The van der Waals surface area contributed by atoms with Crippen LogP contribution in [0.3, 0.4) is 0 Å². The van der Waals surface area contributed by atoms with E-state index in [4.69, 9.17) is 4.78 Å². The highest BCUT2D eigenvalue weighted by Gasteiger charge is 2.39. The van der Waals surface area contributed by atoms with E-state index in [0.29, 0.717) is 12.8 Å². The van der Waals surface area contributed by atoms with Crippen LogP contribution in [0.1, 0.15) is 30.4 Å². The first kappa shape index (κ1) is 25.6. The minimum atomic E-state index is -4.84. The number of nitrogens with one attached hydrogen (secondary N) is 2. The van der Waals surface area contributed by atoms with Crippen molar-refractivity contribution in [3.8, 4) is 5.75 Å². The number of hydrogen-bond donors (Lipinski definition) is 3. The van der Waals surface area contributed by atoms with Gasteiger partial charge in [0.1, 0.15) is 15.7 Å². The van der Waals surface area contributed by atoms with E-state index in [1.807, 2.05) is 24.3 Å². The Morgan fingerprint density at radius 2 is 1.49 bits per heavy atom. The van der Waals surface area contributed by atoms with Crippen LogP contribution in [0.4, 0.5) is 24.5 Å². The van der Waals surface area contributed by atoms with Crippen LogP contribution in [-0.2, 0) is 22.8 Å². The summed E-state index contributed by atoms with van der Waals surface area (Å²) in [5.41, 5.74) is 4.44. The number of benzene rings is 3. The van der Waals surface area contributed by atoms with E-state index in [9.17, 15) is 22.5 Å². The molecule has 2 aliphatic rings. The Kier molecular flexibility index (Phi) is 6.91. The zero-order chi connectivity index (χ0) is 26.2. The van der Waals surface area contributed by atoms with Crippen molar-refractivity contribution >= 4 is 21.3 Å². The first-order valence-corrected chi connectivity index (χ1v) is 13.7. The van der Waals surface area contributed by atoms with Crippen molar-refractivity contribution in [3.63, 3.8) is 0 Å². The Morgan fingerprint density at radius 3 is 2.05 bits per heavy atom. The second-order valence-electron chi connectivity index (χ2n) is 9.42. The maximum Gasteiger partial charge on any atom is 0.573 e. The summed E-state index contributed by atoms with van der Waals surface area (Å²) in [7, 11) is -3.60. The summed E-state index contributed by atoms with van der Waals surface area (Å²) in [5, 5.41) is 11.5. The molecule has 1 heterocycles. The number of aliphatic hydroxyl groups excluding tert-OH is 1. The fourth-order valence-corrected chi connectivity index (χ4v) is 6.69. The molecule has 1 saturated carbocycles. The zero-order valence-electron chi connectivity index (χ0n) is 19.9. The van der Waals surface area contributed by atoms with Gasteiger partial charge in [-0.05, 0) is 79.6 Å². The van der Waals surface area contributed by atoms with Crippen molar-refractivity contribution in [2.24, 2.45) is 0 Å². The number of para-hydroxylation sites is 2. The van der Waals surface area contributed by atoms with E-state index in [0.717, 1.165) is 42.8 Å². The number of nitrogens with zero attached hydrogens (tertiary/aromatic N) is 1. The van der Waals surface area contributed by atoms with Crippen molar-refractivity contribution in [3.05, 3.63) is 83.9 Å². The summed E-state index contributed by atoms with van der Waals surface area (Å²) in [6, 6.07) is 19.7. The van der Waals surface area contributed by atoms with Crippen LogP contribution in [-0.4, -0.2) is 33.9 Å². The molecule has 6 nitrogen and oxygen atoms in total. The third-order valence-electron chi connectivity index (χ3n) is 7.03. The molecule has 1 aliphatic carbocycles. The van der Waals surface area contributed by atoms with Crippen LogP contribution < -0.4 is 14.4 Å². The predicted molar refractivity (Wildman–Crippen MR) is 135 cm³/mol. The molecule has 0 amide bonds. The van der Waals surface area contributed by atoms with E-state index < -0.39 is 34.2 Å². The number of hydrogen-bond acceptors (Lipinski definition) is 5. The lowest BCUT2D eigenvalue weighted by atomic mass is 9.86. The van der Waals surface area contributed by atoms with Gasteiger partial charge in [-0.1, -0.05) is 36.4 Å². The van der Waals surface area contributed by atoms with Crippen molar-refractivity contribution < 1.29 is 27.2 Å². The van der Waals surface area contributed by atoms with Gasteiger partial charge in [-0.2, -0.15) is 0 Å². The van der Waals surface area contributed by atoms with Crippen LogP contribution >= 0.6 is 0 Å². The molecular weight excluding hydrogens is 503 g/mol. The minimum absolute atomic E-state index is 0.0156. The van der Waals surface area contributed by atoms with Gasteiger partial charge in [-0.15, -0.1) is 13.2 Å². The van der Waals surface area contributed by atoms with E-state index in [1.165, 1.54) is 23.3 Å². The van der Waals surface area contributed by atoms with Gasteiger partial charge >= 0.3 is 6.36 Å². The van der Waals surface area contributed by atoms with Crippen molar-refractivity contribution in [1.82, 2.24) is 4.72 Å². The molecule has 1 fully saturated rings. The Balaban J connectivity index is 1.41. The maximum atomic E-state index is 13.3. The molecule has 10 heteroatoms. The molecule has 0 radical (unpaired) electrons. The molecule has 1 unspecified atom stereocenters. The highest BCUT2D eigenvalue weighted by Crippen LogP contribution is 2.41. The standard InChI is InChI=1S/C27H28F3N3O3S/c28-27(29,30)36-20-14-16-21(17-15-20)37(31,35)32-22-8-5-11-25(26(22)34)33-23-9-3-1-6-18(23)12-13-19-7-2-4-10-24(19)33/h1-4,6-7,9-10,14-17,22,25-26,34H,5,8,11-13H2,(H2,31,32,35)/t22-,25-,26-,37?/m1/s1. The Labute approximate surface area is 214 Å². The lowest BCUT2D eigenvalue weighted by molar-refractivity contribution is -0.274. The van der Waals surface area contributed by atoms with Gasteiger partial charge in [-0.3, -0.25) is 0 Å². The van der Waals surface area contributed by atoms with Crippen molar-refractivity contribution in [1.29, 1.82) is 4.78 Å². The normalized spacial score (nSPS) is 23.4. The Bertz CT molecular complexity index is 1320. The summed E-state index contributed by atoms with van der Waals surface area (Å²) in [4.78, 5) is 2.20. The molecule has 0 aromatic heterocycles. The topological polar surface area (TPSA) is 85.7 Å². The van der Waals surface area contributed by atoms with Crippen molar-refractivity contribution in [2.45, 2.75) is 61.5 Å². The quantitative estimate of drug-likeness (QED) is 0.394. The van der Waals surface area contributed by atoms with Gasteiger partial charge in [0.2, 0.25) is 0 Å². The average molecular weight is 532 g/mol. The summed E-state index contributed by atoms with van der Waals surface area (Å²) >= 11 is 0. The summed E-state index contributed by atoms with van der Waals surface area (Å²) in [6.07, 6.45) is -2.05. The monoisotopic (exact) mass is 531 g/mol. The van der Waals surface area contributed by atoms with E-state index in [2.05, 4.69) is 38.6 Å². The van der Waals surface area contributed by atoms with Crippen LogP contribution in [0, 0.1) is 4.78 Å². The third kappa shape index (κ3) is 5.46. The number of aryl methyl sites for hydroxylation is 2. The number of rotatable bonds is 5. The Morgan fingerprint density at radius 1 is 0.919 bits per heavy atom. The fourth-order valence-electron chi connectivity index (χ4n) is 5.35. The molecular formula is C27H28F3N3O3S. The Hall–Kier alpha value is -3.08. The molecule has 5 rings (SSSR count). The maximum absolute atomic E-state index is 13.3. The first-order valence-electron chi connectivity index (χ1n) is 12.2. The van der Waals surface area contributed by atoms with Gasteiger partial charge in [0.25, 0.3) is 0 Å². The lowest BCUT2D eigenvalue weighted by Gasteiger charge is -2.43. The van der Waals surface area contributed by atoms with Crippen LogP contribution in [0.15, 0.2) is 77.7 Å². The highest BCUT2D eigenvalue weighted by molar-refractivity contribution is 7.90. The smallest absolute Gasteiger partial charge is 0.406 e. The molecule has 3 N–H and O–H groups in total. The third-order valence-corrected chi connectivity index (χ3v) is 8.60. The molecule has 1 aliphatic heterocycles. The number of alkyl halides is 3. The number of ether oxygens (including phenoxy) is 1. The first-order chi connectivity index (χ1) is 17.6. The van der Waals surface area contributed by atoms with Gasteiger partial charge in [0.05, 0.1) is 17.0 Å². The number of anilines is 2. The van der Waals surface area contributed by atoms with Crippen LogP contribution in [0.5, 0.6) is 5.75 Å². The molecule has 0 saturated heterocycles. The van der Waals surface area contributed by atoms with E-state index >= 15 is 0 Å². The molecule has 3 aromatic rings. The SMILES string of the molecule is N=S(=O)(N[C@@H]1CCC[C@@H](N2c3ccccc3CCc3ccccc32)[C@@H]1O)c1ccc(OC(F)(F)F)cc1. The lowest BCUT2D eigenvalue weighted by Crippen LogP contribution is -2.55. The zero-order valence-corrected chi connectivity index (χ0v) is 20.8. The number of aliphatic hydroxyl groups is 1. The summed E-state index contributed by atoms with van der Waals surface area (Å²) in [6.45, 7) is 0. The molecule has 0 bridgehead atoms. The molecule has 4 atom stereocenters. The van der Waals surface area contributed by atoms with Gasteiger partial charge in [-0.25, -0.2) is 13.7 Å². The number of fused-ring (bicyclic) bond motifs is 2. The van der Waals surface area contributed by atoms with Crippen molar-refractivity contribution in [2.75, 3.05) is 4.90 Å². The van der Waals surface area contributed by atoms with Gasteiger partial charge < -0.3 is 14.7 Å². The van der Waals surface area contributed by atoms with Crippen LogP contribution in [0.25, 0.3) is 0 Å². The summed E-state index contributed by atoms with van der Waals surface area (Å²) < 4.78 is 65.8. The van der Waals surface area contributed by atoms with E-state index in [-0.39, 0.29) is 10.9 Å². The predicted octanol–water partition coefficient (Wildman–Crippen LogP) is 5.71. The largest absolute Gasteiger partial charge is 0.573 e. The molecule has 0 spiro atoms. The molecule has 37 heavy (non-hydrogen) atoms. The molecule has 196 valence electrons. The summed E-state index contributed by atoms with van der Waals surface area (Å²) in [5.74, 6) is -0.456. The van der Waals surface area contributed by atoms with E-state index in [1.54, 1.807) is 0 Å². The average Bonchev–Trinajstić information content (AvgIpc) is 3.02. The second kappa shape index (κ2) is 10.00. The van der Waals surface area contributed by atoms with Gasteiger partial charge in [0, 0.05) is 17.4 Å². The molecule has 3 aromatic carbocycles. The number of halogens is 3. The van der Waals surface area contributed by atoms with Crippen LogP contribution in [0.2, 0.25) is 0 Å². The fraction of sp³-hybridized carbons (Fsp3) is 0.333. The second-order valence-corrected chi connectivity index (χ2v) is 11.2. The minimum Gasteiger partial charge on any atom is -0.406 e. The highest BCUT2D eigenvalue weighted by atomic mass is 32.2. The van der Waals surface area contributed by atoms with Gasteiger partial charge in [0.15, 0.2) is 0 Å².